The Morgan fingerprint density at radius 1 is 1.10 bits per heavy atom. The van der Waals surface area contributed by atoms with E-state index < -0.39 is 15.8 Å². The predicted octanol–water partition coefficient (Wildman–Crippen LogP) is 3.50. The van der Waals surface area contributed by atoms with Crippen molar-refractivity contribution in [2.45, 2.75) is 24.7 Å². The number of amides is 2. The zero-order valence-electron chi connectivity index (χ0n) is 16.0. The van der Waals surface area contributed by atoms with Crippen molar-refractivity contribution in [2.24, 2.45) is 5.92 Å². The number of benzene rings is 2. The Labute approximate surface area is 169 Å². The van der Waals surface area contributed by atoms with Crippen LogP contribution < -0.4 is 10.0 Å². The van der Waals surface area contributed by atoms with Crippen LogP contribution in [0.4, 0.5) is 19.3 Å². The Balaban J connectivity index is 1.48. The van der Waals surface area contributed by atoms with Crippen LogP contribution in [0.3, 0.4) is 0 Å². The van der Waals surface area contributed by atoms with Gasteiger partial charge in [-0.2, -0.15) is 0 Å². The smallest absolute Gasteiger partial charge is 0.321 e. The number of rotatable bonds is 5. The summed E-state index contributed by atoms with van der Waals surface area (Å²) in [6.07, 6.45) is 1.31. The number of sulfonamides is 1. The van der Waals surface area contributed by atoms with Crippen molar-refractivity contribution in [1.82, 2.24) is 9.62 Å². The van der Waals surface area contributed by atoms with Crippen LogP contribution in [0.5, 0.6) is 0 Å². The SMILES string of the molecule is Cc1cc(S(=O)(=O)NCC2CCN(C(=O)Nc3ccc(F)cc3)CC2)ccc1F. The molecule has 0 aliphatic carbocycles. The van der Waals surface area contributed by atoms with Gasteiger partial charge in [0, 0.05) is 25.3 Å². The highest BCUT2D eigenvalue weighted by atomic mass is 32.2. The topological polar surface area (TPSA) is 78.5 Å². The van der Waals surface area contributed by atoms with Gasteiger partial charge in [0.2, 0.25) is 10.0 Å². The number of urea groups is 1. The fourth-order valence-corrected chi connectivity index (χ4v) is 4.37. The van der Waals surface area contributed by atoms with Gasteiger partial charge in [0.05, 0.1) is 4.90 Å². The standard InChI is InChI=1S/C20H23F2N3O3S/c1-14-12-18(6-7-19(14)22)29(27,28)23-13-15-8-10-25(11-9-15)20(26)24-17-4-2-16(21)3-5-17/h2-7,12,15,23H,8-11,13H2,1H3,(H,24,26). The molecule has 0 unspecified atom stereocenters. The number of carbonyl (C=O) groups excluding carboxylic acids is 1. The first-order chi connectivity index (χ1) is 13.7. The van der Waals surface area contributed by atoms with Gasteiger partial charge in [0.25, 0.3) is 0 Å². The van der Waals surface area contributed by atoms with Gasteiger partial charge in [-0.25, -0.2) is 26.7 Å². The molecule has 156 valence electrons. The van der Waals surface area contributed by atoms with Crippen LogP contribution in [0.15, 0.2) is 47.4 Å². The first-order valence-corrected chi connectivity index (χ1v) is 10.8. The number of likely N-dealkylation sites (tertiary alicyclic amines) is 1. The molecule has 1 aliphatic rings. The predicted molar refractivity (Wildman–Crippen MR) is 106 cm³/mol. The van der Waals surface area contributed by atoms with E-state index in [-0.39, 0.29) is 34.8 Å². The van der Waals surface area contributed by atoms with Gasteiger partial charge < -0.3 is 10.2 Å². The Bertz CT molecular complexity index is 973. The third-order valence-corrected chi connectivity index (χ3v) is 6.42. The molecular formula is C20H23F2N3O3S. The van der Waals surface area contributed by atoms with E-state index in [2.05, 4.69) is 10.0 Å². The largest absolute Gasteiger partial charge is 0.325 e. The summed E-state index contributed by atoms with van der Waals surface area (Å²) in [5, 5.41) is 2.72. The summed E-state index contributed by atoms with van der Waals surface area (Å²) >= 11 is 0. The lowest BCUT2D eigenvalue weighted by Crippen LogP contribution is -2.43. The first-order valence-electron chi connectivity index (χ1n) is 9.32. The zero-order valence-corrected chi connectivity index (χ0v) is 16.8. The van der Waals surface area contributed by atoms with Crippen molar-refractivity contribution in [2.75, 3.05) is 25.0 Å². The van der Waals surface area contributed by atoms with Crippen molar-refractivity contribution < 1.29 is 22.0 Å². The molecule has 1 heterocycles. The van der Waals surface area contributed by atoms with Crippen molar-refractivity contribution in [3.63, 3.8) is 0 Å². The van der Waals surface area contributed by atoms with Crippen LogP contribution in [0, 0.1) is 24.5 Å². The van der Waals surface area contributed by atoms with E-state index in [0.717, 1.165) is 6.07 Å². The zero-order chi connectivity index (χ0) is 21.0. The lowest BCUT2D eigenvalue weighted by atomic mass is 9.97. The van der Waals surface area contributed by atoms with Crippen molar-refractivity contribution in [1.29, 1.82) is 0 Å². The number of nitrogens with zero attached hydrogens (tertiary/aromatic N) is 1. The van der Waals surface area contributed by atoms with Gasteiger partial charge in [-0.1, -0.05) is 0 Å². The molecule has 2 aromatic carbocycles. The fraction of sp³-hybridized carbons (Fsp3) is 0.350. The van der Waals surface area contributed by atoms with E-state index >= 15 is 0 Å². The van der Waals surface area contributed by atoms with Gasteiger partial charge in [-0.05, 0) is 73.7 Å². The van der Waals surface area contributed by atoms with Gasteiger partial charge in [0.1, 0.15) is 11.6 Å². The van der Waals surface area contributed by atoms with E-state index in [4.69, 9.17) is 0 Å². The maximum atomic E-state index is 13.4. The number of piperidine rings is 1. The van der Waals surface area contributed by atoms with Crippen LogP contribution >= 0.6 is 0 Å². The lowest BCUT2D eigenvalue weighted by molar-refractivity contribution is 0.183. The minimum Gasteiger partial charge on any atom is -0.325 e. The molecule has 29 heavy (non-hydrogen) atoms. The average molecular weight is 423 g/mol. The van der Waals surface area contributed by atoms with Crippen LogP contribution in [-0.2, 0) is 10.0 Å². The van der Waals surface area contributed by atoms with E-state index in [0.29, 0.717) is 31.6 Å². The van der Waals surface area contributed by atoms with Crippen molar-refractivity contribution in [3.05, 3.63) is 59.7 Å². The Hall–Kier alpha value is -2.52. The van der Waals surface area contributed by atoms with E-state index in [1.165, 1.54) is 43.3 Å². The van der Waals surface area contributed by atoms with Crippen LogP contribution in [0.2, 0.25) is 0 Å². The summed E-state index contributed by atoms with van der Waals surface area (Å²) in [5.41, 5.74) is 0.786. The minimum atomic E-state index is -3.71. The minimum absolute atomic E-state index is 0.0347. The maximum absolute atomic E-state index is 13.4. The number of hydrogen-bond donors (Lipinski definition) is 2. The normalized spacial score (nSPS) is 15.3. The summed E-state index contributed by atoms with van der Waals surface area (Å²) < 4.78 is 53.7. The second-order valence-electron chi connectivity index (χ2n) is 7.13. The van der Waals surface area contributed by atoms with Gasteiger partial charge in [-0.3, -0.25) is 0 Å². The lowest BCUT2D eigenvalue weighted by Gasteiger charge is -2.32. The molecule has 0 bridgehead atoms. The molecule has 9 heteroatoms. The molecule has 0 atom stereocenters. The number of aryl methyl sites for hydroxylation is 1. The quantitative estimate of drug-likeness (QED) is 0.773. The summed E-state index contributed by atoms with van der Waals surface area (Å²) in [7, 11) is -3.71. The number of carbonyl (C=O) groups is 1. The van der Waals surface area contributed by atoms with E-state index in [1.807, 2.05) is 0 Å². The van der Waals surface area contributed by atoms with Crippen LogP contribution in [0.25, 0.3) is 0 Å². The second-order valence-corrected chi connectivity index (χ2v) is 8.90. The molecule has 0 spiro atoms. The Morgan fingerprint density at radius 3 is 2.38 bits per heavy atom. The highest BCUT2D eigenvalue weighted by molar-refractivity contribution is 7.89. The number of hydrogen-bond acceptors (Lipinski definition) is 3. The van der Waals surface area contributed by atoms with Gasteiger partial charge in [-0.15, -0.1) is 0 Å². The first kappa shape index (κ1) is 21.2. The van der Waals surface area contributed by atoms with Gasteiger partial charge in [0.15, 0.2) is 0 Å². The molecule has 0 radical (unpaired) electrons. The van der Waals surface area contributed by atoms with Gasteiger partial charge >= 0.3 is 6.03 Å². The van der Waals surface area contributed by atoms with Crippen LogP contribution in [0.1, 0.15) is 18.4 Å². The van der Waals surface area contributed by atoms with Crippen molar-refractivity contribution >= 4 is 21.7 Å². The third-order valence-electron chi connectivity index (χ3n) is 5.00. The monoisotopic (exact) mass is 423 g/mol. The highest BCUT2D eigenvalue weighted by Gasteiger charge is 2.24. The molecule has 1 saturated heterocycles. The summed E-state index contributed by atoms with van der Waals surface area (Å²) in [6.45, 7) is 2.76. The number of halogens is 2. The summed E-state index contributed by atoms with van der Waals surface area (Å²) in [5.74, 6) is -0.724. The van der Waals surface area contributed by atoms with E-state index in [1.54, 1.807) is 4.90 Å². The fourth-order valence-electron chi connectivity index (χ4n) is 3.17. The third kappa shape index (κ3) is 5.51. The van der Waals surface area contributed by atoms with Crippen LogP contribution in [-0.4, -0.2) is 39.0 Å². The summed E-state index contributed by atoms with van der Waals surface area (Å²) in [4.78, 5) is 14.0. The molecule has 0 saturated carbocycles. The number of anilines is 1. The Morgan fingerprint density at radius 2 is 1.76 bits per heavy atom. The molecule has 2 N–H and O–H groups in total. The molecule has 1 fully saturated rings. The second kappa shape index (κ2) is 8.87. The Kier molecular flexibility index (Phi) is 6.49. The molecule has 2 aromatic rings. The molecule has 6 nitrogen and oxygen atoms in total. The molecule has 3 rings (SSSR count). The van der Waals surface area contributed by atoms with Crippen molar-refractivity contribution in [3.8, 4) is 0 Å². The van der Waals surface area contributed by atoms with E-state index in [9.17, 15) is 22.0 Å². The molecule has 0 aromatic heterocycles. The summed E-state index contributed by atoms with van der Waals surface area (Å²) in [6, 6.07) is 8.96. The molecule has 1 aliphatic heterocycles. The molecule has 2 amide bonds. The highest BCUT2D eigenvalue weighted by Crippen LogP contribution is 2.20. The average Bonchev–Trinajstić information content (AvgIpc) is 2.70. The number of nitrogens with one attached hydrogen (secondary N) is 2. The maximum Gasteiger partial charge on any atom is 0.321 e. The molecular weight excluding hydrogens is 400 g/mol.